The molecule has 19 heavy (non-hydrogen) atoms. The second-order valence-corrected chi connectivity index (χ2v) is 5.48. The molecule has 1 aromatic carbocycles. The van der Waals surface area contributed by atoms with Gasteiger partial charge < -0.3 is 10.1 Å². The zero-order valence-corrected chi connectivity index (χ0v) is 12.2. The molecule has 3 heteroatoms. The Morgan fingerprint density at radius 2 is 2.11 bits per heavy atom. The molecular formula is C16H26N2O. The van der Waals surface area contributed by atoms with Gasteiger partial charge in [0.15, 0.2) is 0 Å². The second kappa shape index (κ2) is 7.51. The van der Waals surface area contributed by atoms with Crippen LogP contribution in [0.25, 0.3) is 0 Å². The van der Waals surface area contributed by atoms with Crippen LogP contribution in [0.15, 0.2) is 24.3 Å². The van der Waals surface area contributed by atoms with Crippen LogP contribution in [0.4, 0.5) is 0 Å². The number of benzene rings is 1. The average molecular weight is 262 g/mol. The van der Waals surface area contributed by atoms with E-state index in [4.69, 9.17) is 4.74 Å². The lowest BCUT2D eigenvalue weighted by Crippen LogP contribution is -2.20. The van der Waals surface area contributed by atoms with Gasteiger partial charge in [0.2, 0.25) is 0 Å². The van der Waals surface area contributed by atoms with Crippen LogP contribution >= 0.6 is 0 Å². The van der Waals surface area contributed by atoms with Gasteiger partial charge in [-0.25, -0.2) is 0 Å². The lowest BCUT2D eigenvalue weighted by molar-refractivity contribution is 0.312. The molecule has 1 heterocycles. The Hall–Kier alpha value is -1.06. The van der Waals surface area contributed by atoms with E-state index in [1.54, 1.807) is 7.11 Å². The monoisotopic (exact) mass is 262 g/mol. The molecule has 1 atom stereocenters. The van der Waals surface area contributed by atoms with Crippen molar-refractivity contribution < 1.29 is 4.74 Å². The Labute approximate surface area is 116 Å². The largest absolute Gasteiger partial charge is 0.497 e. The van der Waals surface area contributed by atoms with Crippen molar-refractivity contribution in [3.05, 3.63) is 29.8 Å². The highest BCUT2D eigenvalue weighted by Gasteiger charge is 2.21. The molecule has 2 rings (SSSR count). The second-order valence-electron chi connectivity index (χ2n) is 5.48. The van der Waals surface area contributed by atoms with Gasteiger partial charge in [-0.05, 0) is 63.0 Å². The smallest absolute Gasteiger partial charge is 0.118 e. The predicted molar refractivity (Wildman–Crippen MR) is 79.5 cm³/mol. The van der Waals surface area contributed by atoms with E-state index >= 15 is 0 Å². The highest BCUT2D eigenvalue weighted by molar-refractivity contribution is 5.27. The van der Waals surface area contributed by atoms with Gasteiger partial charge >= 0.3 is 0 Å². The minimum atomic E-state index is 0.895. The molecule has 0 spiro atoms. The maximum Gasteiger partial charge on any atom is 0.118 e. The van der Waals surface area contributed by atoms with Gasteiger partial charge in [0, 0.05) is 13.1 Å². The fourth-order valence-electron chi connectivity index (χ4n) is 2.85. The van der Waals surface area contributed by atoms with Crippen LogP contribution in [0.3, 0.4) is 0 Å². The number of nitrogens with zero attached hydrogens (tertiary/aromatic N) is 1. The molecule has 0 aromatic heterocycles. The molecule has 106 valence electrons. The molecule has 1 fully saturated rings. The summed E-state index contributed by atoms with van der Waals surface area (Å²) >= 11 is 0. The summed E-state index contributed by atoms with van der Waals surface area (Å²) in [6, 6.07) is 8.45. The van der Waals surface area contributed by atoms with Crippen molar-refractivity contribution >= 4 is 0 Å². The Morgan fingerprint density at radius 1 is 1.32 bits per heavy atom. The topological polar surface area (TPSA) is 24.5 Å². The molecule has 0 amide bonds. The van der Waals surface area contributed by atoms with Gasteiger partial charge in [0.25, 0.3) is 0 Å². The van der Waals surface area contributed by atoms with E-state index in [0.717, 1.165) is 24.8 Å². The first kappa shape index (κ1) is 14.4. The van der Waals surface area contributed by atoms with Gasteiger partial charge in [-0.3, -0.25) is 4.90 Å². The van der Waals surface area contributed by atoms with E-state index in [9.17, 15) is 0 Å². The third-order valence-electron chi connectivity index (χ3n) is 3.97. The van der Waals surface area contributed by atoms with E-state index < -0.39 is 0 Å². The predicted octanol–water partition coefficient (Wildman–Crippen LogP) is 2.52. The lowest BCUT2D eigenvalue weighted by Gasteiger charge is -2.16. The van der Waals surface area contributed by atoms with Gasteiger partial charge in [0.1, 0.15) is 5.75 Å². The summed E-state index contributed by atoms with van der Waals surface area (Å²) in [5.74, 6) is 1.83. The molecule has 3 nitrogen and oxygen atoms in total. The van der Waals surface area contributed by atoms with E-state index in [-0.39, 0.29) is 0 Å². The van der Waals surface area contributed by atoms with Crippen molar-refractivity contribution in [2.75, 3.05) is 33.8 Å². The Morgan fingerprint density at radius 3 is 2.79 bits per heavy atom. The first-order valence-electron chi connectivity index (χ1n) is 7.31. The third kappa shape index (κ3) is 4.51. The average Bonchev–Trinajstić information content (AvgIpc) is 2.88. The minimum Gasteiger partial charge on any atom is -0.497 e. The van der Waals surface area contributed by atoms with Crippen LogP contribution in [-0.2, 0) is 6.54 Å². The van der Waals surface area contributed by atoms with E-state index in [2.05, 4.69) is 34.5 Å². The molecule has 1 N–H and O–H groups in total. The SMILES string of the molecule is CNCCCC1CCN(Cc2ccc(OC)cc2)C1. The highest BCUT2D eigenvalue weighted by Crippen LogP contribution is 2.23. The number of methoxy groups -OCH3 is 1. The molecule has 0 saturated carbocycles. The number of nitrogens with one attached hydrogen (secondary N) is 1. The molecule has 1 aliphatic heterocycles. The fraction of sp³-hybridized carbons (Fsp3) is 0.625. The van der Waals surface area contributed by atoms with E-state index in [0.29, 0.717) is 0 Å². The third-order valence-corrected chi connectivity index (χ3v) is 3.97. The summed E-state index contributed by atoms with van der Waals surface area (Å²) in [7, 11) is 3.75. The summed E-state index contributed by atoms with van der Waals surface area (Å²) in [5, 5.41) is 3.23. The summed E-state index contributed by atoms with van der Waals surface area (Å²) in [6.45, 7) is 4.73. The fourth-order valence-corrected chi connectivity index (χ4v) is 2.85. The van der Waals surface area contributed by atoms with Crippen molar-refractivity contribution in [1.29, 1.82) is 0 Å². The normalized spacial score (nSPS) is 19.8. The Balaban J connectivity index is 1.74. The van der Waals surface area contributed by atoms with Crippen LogP contribution < -0.4 is 10.1 Å². The molecule has 0 radical (unpaired) electrons. The number of rotatable bonds is 7. The molecule has 1 aliphatic rings. The van der Waals surface area contributed by atoms with Crippen LogP contribution in [0.2, 0.25) is 0 Å². The maximum atomic E-state index is 5.19. The lowest BCUT2D eigenvalue weighted by atomic mass is 10.0. The van der Waals surface area contributed by atoms with Gasteiger partial charge in [-0.15, -0.1) is 0 Å². The molecule has 1 unspecified atom stereocenters. The Kier molecular flexibility index (Phi) is 5.67. The van der Waals surface area contributed by atoms with Gasteiger partial charge in [-0.2, -0.15) is 0 Å². The summed E-state index contributed by atoms with van der Waals surface area (Å²) in [5.41, 5.74) is 1.39. The number of hydrogen-bond donors (Lipinski definition) is 1. The van der Waals surface area contributed by atoms with Crippen molar-refractivity contribution in [3.63, 3.8) is 0 Å². The molecular weight excluding hydrogens is 236 g/mol. The number of ether oxygens (including phenoxy) is 1. The van der Waals surface area contributed by atoms with Crippen LogP contribution in [0.1, 0.15) is 24.8 Å². The van der Waals surface area contributed by atoms with Gasteiger partial charge in [-0.1, -0.05) is 12.1 Å². The standard InChI is InChI=1S/C16H26N2O/c1-17-10-3-4-14-9-11-18(12-14)13-15-5-7-16(19-2)8-6-15/h5-8,14,17H,3-4,9-13H2,1-2H3. The molecule has 1 aromatic rings. The zero-order valence-electron chi connectivity index (χ0n) is 12.2. The first-order valence-corrected chi connectivity index (χ1v) is 7.31. The van der Waals surface area contributed by atoms with Crippen molar-refractivity contribution in [2.24, 2.45) is 5.92 Å². The van der Waals surface area contributed by atoms with E-state index in [1.807, 2.05) is 7.05 Å². The number of hydrogen-bond acceptors (Lipinski definition) is 3. The molecule has 0 bridgehead atoms. The van der Waals surface area contributed by atoms with Gasteiger partial charge in [0.05, 0.1) is 7.11 Å². The van der Waals surface area contributed by atoms with Crippen LogP contribution in [0.5, 0.6) is 5.75 Å². The quantitative estimate of drug-likeness (QED) is 0.764. The van der Waals surface area contributed by atoms with Crippen molar-refractivity contribution in [1.82, 2.24) is 10.2 Å². The van der Waals surface area contributed by atoms with Crippen molar-refractivity contribution in [2.45, 2.75) is 25.8 Å². The minimum absolute atomic E-state index is 0.895. The Bertz CT molecular complexity index is 364. The van der Waals surface area contributed by atoms with E-state index in [1.165, 1.54) is 37.9 Å². The molecule has 0 aliphatic carbocycles. The maximum absolute atomic E-state index is 5.19. The first-order chi connectivity index (χ1) is 9.31. The molecule has 1 saturated heterocycles. The number of likely N-dealkylation sites (tertiary alicyclic amines) is 1. The van der Waals surface area contributed by atoms with Crippen molar-refractivity contribution in [3.8, 4) is 5.75 Å². The zero-order chi connectivity index (χ0) is 13.5. The highest BCUT2D eigenvalue weighted by atomic mass is 16.5. The summed E-state index contributed by atoms with van der Waals surface area (Å²) < 4.78 is 5.19. The van der Waals surface area contributed by atoms with Crippen LogP contribution in [-0.4, -0.2) is 38.7 Å². The summed E-state index contributed by atoms with van der Waals surface area (Å²) in [4.78, 5) is 2.58. The van der Waals surface area contributed by atoms with Crippen LogP contribution in [0, 0.1) is 5.92 Å². The summed E-state index contributed by atoms with van der Waals surface area (Å²) in [6.07, 6.45) is 4.03.